The second-order valence-corrected chi connectivity index (χ2v) is 9.30. The molecule has 0 saturated carbocycles. The third-order valence-corrected chi connectivity index (χ3v) is 6.13. The molecule has 2 N–H and O–H groups in total. The van der Waals surface area contributed by atoms with Gasteiger partial charge in [-0.15, -0.1) is 0 Å². The average Bonchev–Trinajstić information content (AvgIpc) is 3.43. The minimum absolute atomic E-state index is 0.0461. The second-order valence-electron chi connectivity index (χ2n) is 8.89. The van der Waals surface area contributed by atoms with Crippen LogP contribution in [0.15, 0.2) is 30.3 Å². The molecule has 3 atom stereocenters. The third kappa shape index (κ3) is 4.41. The SMILES string of the molecule is CC(C)(O)CCc1ccc(-c2nc3nc(OC4COC5CCOC54)[nH]c3cc2Cl)cc1. The second kappa shape index (κ2) is 8.06. The number of fused-ring (bicyclic) bond motifs is 2. The molecule has 2 aromatic heterocycles. The van der Waals surface area contributed by atoms with Crippen molar-refractivity contribution in [2.75, 3.05) is 13.2 Å². The summed E-state index contributed by atoms with van der Waals surface area (Å²) in [5.41, 5.74) is 3.32. The van der Waals surface area contributed by atoms with Gasteiger partial charge in [-0.2, -0.15) is 4.98 Å². The molecule has 5 rings (SSSR count). The van der Waals surface area contributed by atoms with E-state index in [1.165, 1.54) is 0 Å². The Morgan fingerprint density at radius 3 is 2.81 bits per heavy atom. The number of aryl methyl sites for hydroxylation is 1. The van der Waals surface area contributed by atoms with Gasteiger partial charge in [-0.1, -0.05) is 35.9 Å². The molecule has 2 aliphatic rings. The first-order valence-electron chi connectivity index (χ1n) is 10.6. The zero-order valence-corrected chi connectivity index (χ0v) is 18.4. The molecular weight excluding hydrogens is 418 g/mol. The number of aromatic amines is 1. The highest BCUT2D eigenvalue weighted by molar-refractivity contribution is 6.33. The monoisotopic (exact) mass is 443 g/mol. The summed E-state index contributed by atoms with van der Waals surface area (Å²) in [5, 5.41) is 10.5. The van der Waals surface area contributed by atoms with Crippen LogP contribution in [0.2, 0.25) is 5.02 Å². The van der Waals surface area contributed by atoms with Crippen molar-refractivity contribution in [1.29, 1.82) is 0 Å². The number of ether oxygens (including phenoxy) is 3. The van der Waals surface area contributed by atoms with Crippen molar-refractivity contribution in [3.05, 3.63) is 40.9 Å². The van der Waals surface area contributed by atoms with Gasteiger partial charge in [-0.05, 0) is 44.7 Å². The average molecular weight is 444 g/mol. The molecule has 0 radical (unpaired) electrons. The summed E-state index contributed by atoms with van der Waals surface area (Å²) < 4.78 is 17.5. The summed E-state index contributed by atoms with van der Waals surface area (Å²) in [7, 11) is 0. The number of nitrogens with one attached hydrogen (secondary N) is 1. The Hall–Kier alpha value is -2.19. The van der Waals surface area contributed by atoms with Gasteiger partial charge in [0.25, 0.3) is 6.01 Å². The molecule has 7 nitrogen and oxygen atoms in total. The van der Waals surface area contributed by atoms with Gasteiger partial charge in [0.15, 0.2) is 11.8 Å². The zero-order chi connectivity index (χ0) is 21.6. The number of H-pyrrole nitrogens is 1. The lowest BCUT2D eigenvalue weighted by atomic mass is 9.98. The maximum Gasteiger partial charge on any atom is 0.296 e. The van der Waals surface area contributed by atoms with Crippen molar-refractivity contribution in [1.82, 2.24) is 15.0 Å². The molecule has 31 heavy (non-hydrogen) atoms. The van der Waals surface area contributed by atoms with Crippen LogP contribution in [-0.4, -0.2) is 57.2 Å². The molecule has 3 unspecified atom stereocenters. The lowest BCUT2D eigenvalue weighted by molar-refractivity contribution is 0.0273. The molecule has 2 fully saturated rings. The van der Waals surface area contributed by atoms with Crippen LogP contribution >= 0.6 is 11.6 Å². The first-order valence-corrected chi connectivity index (χ1v) is 11.0. The Kier molecular flexibility index (Phi) is 5.38. The van der Waals surface area contributed by atoms with Gasteiger partial charge in [0, 0.05) is 12.2 Å². The van der Waals surface area contributed by atoms with E-state index in [-0.39, 0.29) is 18.3 Å². The Bertz CT molecular complexity index is 1080. The zero-order valence-electron chi connectivity index (χ0n) is 17.6. The maximum atomic E-state index is 9.92. The number of imidazole rings is 1. The molecule has 2 saturated heterocycles. The first-order chi connectivity index (χ1) is 14.9. The van der Waals surface area contributed by atoms with Crippen LogP contribution in [0.1, 0.15) is 32.3 Å². The van der Waals surface area contributed by atoms with E-state index < -0.39 is 5.60 Å². The van der Waals surface area contributed by atoms with Crippen molar-refractivity contribution in [2.24, 2.45) is 0 Å². The van der Waals surface area contributed by atoms with E-state index in [0.29, 0.717) is 47.5 Å². The summed E-state index contributed by atoms with van der Waals surface area (Å²) in [4.78, 5) is 12.3. The molecule has 4 heterocycles. The normalized spacial score (nSPS) is 23.4. The summed E-state index contributed by atoms with van der Waals surface area (Å²) in [5.74, 6) is 0. The van der Waals surface area contributed by atoms with Gasteiger partial charge in [0.05, 0.1) is 34.5 Å². The van der Waals surface area contributed by atoms with Gasteiger partial charge in [0.1, 0.15) is 6.10 Å². The van der Waals surface area contributed by atoms with Crippen LogP contribution in [0.5, 0.6) is 6.01 Å². The number of aliphatic hydroxyl groups is 1. The molecular formula is C23H26ClN3O4. The van der Waals surface area contributed by atoms with Gasteiger partial charge >= 0.3 is 0 Å². The number of hydrogen-bond donors (Lipinski definition) is 2. The third-order valence-electron chi connectivity index (χ3n) is 5.84. The standard InChI is InChI=1S/C23H26ClN3O4/c1-23(2,28)9-7-13-3-5-14(6-4-13)19-15(24)11-16-21(26-19)27-22(25-16)31-18-12-30-17-8-10-29-20(17)18/h3-6,11,17-18,20,28H,7-10,12H2,1-2H3,(H,25,26,27). The predicted molar refractivity (Wildman–Crippen MR) is 117 cm³/mol. The van der Waals surface area contributed by atoms with E-state index in [2.05, 4.69) is 15.0 Å². The van der Waals surface area contributed by atoms with E-state index in [1.54, 1.807) is 0 Å². The lowest BCUT2D eigenvalue weighted by Crippen LogP contribution is -2.32. The maximum absolute atomic E-state index is 9.92. The highest BCUT2D eigenvalue weighted by Crippen LogP contribution is 2.32. The van der Waals surface area contributed by atoms with Crippen LogP contribution in [0, 0.1) is 0 Å². The van der Waals surface area contributed by atoms with Crippen molar-refractivity contribution < 1.29 is 19.3 Å². The fraction of sp³-hybridized carbons (Fsp3) is 0.478. The van der Waals surface area contributed by atoms with Gasteiger partial charge in [0.2, 0.25) is 0 Å². The Morgan fingerprint density at radius 2 is 2.03 bits per heavy atom. The molecule has 0 aliphatic carbocycles. The number of rotatable bonds is 6. The number of aromatic nitrogens is 3. The Labute approximate surface area is 185 Å². The molecule has 0 bridgehead atoms. The number of benzene rings is 1. The number of halogens is 1. The van der Waals surface area contributed by atoms with Crippen LogP contribution < -0.4 is 4.74 Å². The quantitative estimate of drug-likeness (QED) is 0.600. The van der Waals surface area contributed by atoms with Crippen LogP contribution in [0.3, 0.4) is 0 Å². The Balaban J connectivity index is 1.34. The number of pyridine rings is 1. The van der Waals surface area contributed by atoms with E-state index >= 15 is 0 Å². The van der Waals surface area contributed by atoms with E-state index in [9.17, 15) is 5.11 Å². The molecule has 2 aliphatic heterocycles. The fourth-order valence-electron chi connectivity index (χ4n) is 4.11. The van der Waals surface area contributed by atoms with Crippen LogP contribution in [-0.2, 0) is 15.9 Å². The number of hydrogen-bond acceptors (Lipinski definition) is 6. The van der Waals surface area contributed by atoms with E-state index in [1.807, 2.05) is 44.2 Å². The van der Waals surface area contributed by atoms with Crippen molar-refractivity contribution in [3.63, 3.8) is 0 Å². The molecule has 8 heteroatoms. The van der Waals surface area contributed by atoms with E-state index in [4.69, 9.17) is 25.8 Å². The van der Waals surface area contributed by atoms with Crippen molar-refractivity contribution >= 4 is 22.8 Å². The molecule has 0 spiro atoms. The molecule has 164 valence electrons. The minimum Gasteiger partial charge on any atom is -0.456 e. The summed E-state index contributed by atoms with van der Waals surface area (Å²) in [6.07, 6.45) is 2.29. The van der Waals surface area contributed by atoms with Gasteiger partial charge in [-0.3, -0.25) is 0 Å². The topological polar surface area (TPSA) is 89.5 Å². The minimum atomic E-state index is -0.677. The predicted octanol–water partition coefficient (Wildman–Crippen LogP) is 3.92. The summed E-state index contributed by atoms with van der Waals surface area (Å²) in [6.45, 7) is 4.83. The van der Waals surface area contributed by atoms with Crippen LogP contribution in [0.25, 0.3) is 22.4 Å². The number of nitrogens with zero attached hydrogens (tertiary/aromatic N) is 2. The van der Waals surface area contributed by atoms with E-state index in [0.717, 1.165) is 24.0 Å². The van der Waals surface area contributed by atoms with Crippen molar-refractivity contribution in [3.8, 4) is 17.3 Å². The van der Waals surface area contributed by atoms with Gasteiger partial charge in [-0.25, -0.2) is 4.98 Å². The summed E-state index contributed by atoms with van der Waals surface area (Å²) in [6, 6.07) is 10.3. The molecule has 0 amide bonds. The molecule has 1 aromatic carbocycles. The highest BCUT2D eigenvalue weighted by Gasteiger charge is 2.43. The fourth-order valence-corrected chi connectivity index (χ4v) is 4.37. The lowest BCUT2D eigenvalue weighted by Gasteiger charge is -2.16. The van der Waals surface area contributed by atoms with Crippen LogP contribution in [0.4, 0.5) is 0 Å². The Morgan fingerprint density at radius 1 is 1.23 bits per heavy atom. The van der Waals surface area contributed by atoms with Gasteiger partial charge < -0.3 is 24.3 Å². The van der Waals surface area contributed by atoms with Crippen molar-refractivity contribution in [2.45, 2.75) is 57.0 Å². The summed E-state index contributed by atoms with van der Waals surface area (Å²) >= 11 is 6.53. The largest absolute Gasteiger partial charge is 0.456 e. The molecule has 3 aromatic rings. The highest BCUT2D eigenvalue weighted by atomic mass is 35.5. The first kappa shape index (κ1) is 20.7. The smallest absolute Gasteiger partial charge is 0.296 e.